The molecule has 0 unspecified atom stereocenters. The summed E-state index contributed by atoms with van der Waals surface area (Å²) in [4.78, 5) is 5.02. The first kappa shape index (κ1) is 12.3. The van der Waals surface area contributed by atoms with Crippen molar-refractivity contribution in [3.8, 4) is 0 Å². The molecule has 1 aromatic rings. The molecule has 1 N–H and O–H groups in total. The number of hydrogen-bond acceptors (Lipinski definition) is 5. The van der Waals surface area contributed by atoms with Crippen LogP contribution in [0.1, 0.15) is 24.2 Å². The third kappa shape index (κ3) is 2.95. The van der Waals surface area contributed by atoms with Crippen molar-refractivity contribution in [2.45, 2.75) is 31.7 Å². The number of halogens is 3. The van der Waals surface area contributed by atoms with Crippen LogP contribution in [0, 0.1) is 6.92 Å². The number of nitrogens with zero attached hydrogens (tertiary/aromatic N) is 3. The summed E-state index contributed by atoms with van der Waals surface area (Å²) in [6, 6.07) is -0.659. The van der Waals surface area contributed by atoms with Crippen molar-refractivity contribution in [1.29, 1.82) is 0 Å². The Morgan fingerprint density at radius 1 is 1.53 bits per heavy atom. The van der Waals surface area contributed by atoms with E-state index in [-0.39, 0.29) is 18.9 Å². The van der Waals surface area contributed by atoms with Gasteiger partial charge in [0.15, 0.2) is 5.82 Å². The van der Waals surface area contributed by atoms with E-state index in [0.717, 1.165) is 4.90 Å². The lowest BCUT2D eigenvalue weighted by molar-refractivity contribution is -0.149. The first-order valence-electron chi connectivity index (χ1n) is 5.14. The Kier molecular flexibility index (Phi) is 3.09. The molecule has 5 nitrogen and oxygen atoms in total. The maximum absolute atomic E-state index is 12.3. The van der Waals surface area contributed by atoms with Gasteiger partial charge in [0.25, 0.3) is 0 Å². The molecule has 0 radical (unpaired) electrons. The first-order chi connectivity index (χ1) is 7.85. The fourth-order valence-electron chi connectivity index (χ4n) is 1.99. The number of likely N-dealkylation sites (tertiary alicyclic amines) is 1. The summed E-state index contributed by atoms with van der Waals surface area (Å²) in [5, 5.41) is 13.0. The quantitative estimate of drug-likeness (QED) is 0.851. The van der Waals surface area contributed by atoms with E-state index in [1.807, 2.05) is 0 Å². The van der Waals surface area contributed by atoms with E-state index in [2.05, 4.69) is 10.1 Å². The van der Waals surface area contributed by atoms with Crippen LogP contribution >= 0.6 is 0 Å². The summed E-state index contributed by atoms with van der Waals surface area (Å²) in [7, 11) is 0. The molecule has 1 aromatic heterocycles. The van der Waals surface area contributed by atoms with E-state index < -0.39 is 24.9 Å². The van der Waals surface area contributed by atoms with Gasteiger partial charge in [0.2, 0.25) is 5.89 Å². The van der Waals surface area contributed by atoms with E-state index in [0.29, 0.717) is 5.82 Å². The van der Waals surface area contributed by atoms with Crippen LogP contribution in [0.2, 0.25) is 0 Å². The number of aliphatic hydroxyl groups excluding tert-OH is 1. The van der Waals surface area contributed by atoms with E-state index in [4.69, 9.17) is 4.52 Å². The van der Waals surface area contributed by atoms with Gasteiger partial charge in [0.05, 0.1) is 18.7 Å². The second-order valence-corrected chi connectivity index (χ2v) is 4.13. The Morgan fingerprint density at radius 3 is 2.76 bits per heavy atom. The normalized spacial score (nSPS) is 26.6. The molecule has 8 heteroatoms. The molecule has 96 valence electrons. The summed E-state index contributed by atoms with van der Waals surface area (Å²) >= 11 is 0. The van der Waals surface area contributed by atoms with E-state index >= 15 is 0 Å². The van der Waals surface area contributed by atoms with E-state index in [9.17, 15) is 18.3 Å². The van der Waals surface area contributed by atoms with Gasteiger partial charge in [-0.1, -0.05) is 5.16 Å². The maximum atomic E-state index is 12.3. The molecule has 1 saturated heterocycles. The molecule has 0 bridgehead atoms. The van der Waals surface area contributed by atoms with Crippen LogP contribution in [0.3, 0.4) is 0 Å². The largest absolute Gasteiger partial charge is 0.401 e. The van der Waals surface area contributed by atoms with Crippen LogP contribution in [-0.4, -0.2) is 45.5 Å². The molecule has 2 atom stereocenters. The molecule has 17 heavy (non-hydrogen) atoms. The van der Waals surface area contributed by atoms with Gasteiger partial charge in [-0.3, -0.25) is 4.90 Å². The van der Waals surface area contributed by atoms with Crippen molar-refractivity contribution in [3.63, 3.8) is 0 Å². The molecule has 1 aliphatic heterocycles. The third-order valence-electron chi connectivity index (χ3n) is 2.59. The standard InChI is InChI=1S/C9H12F3N3O2/c1-5-13-8(17-14-5)7-2-6(16)3-15(7)4-9(10,11)12/h6-7,16H,2-4H2,1H3/t6-,7-/m1/s1. The van der Waals surface area contributed by atoms with Gasteiger partial charge >= 0.3 is 6.18 Å². The van der Waals surface area contributed by atoms with Gasteiger partial charge < -0.3 is 9.63 Å². The van der Waals surface area contributed by atoms with Gasteiger partial charge in [-0.25, -0.2) is 0 Å². The zero-order chi connectivity index (χ0) is 12.6. The Morgan fingerprint density at radius 2 is 2.24 bits per heavy atom. The number of β-amino-alcohol motifs (C(OH)–C–C–N with tert-alkyl or cyclic N) is 1. The van der Waals surface area contributed by atoms with Crippen LogP contribution < -0.4 is 0 Å². The number of aryl methyl sites for hydroxylation is 1. The van der Waals surface area contributed by atoms with E-state index in [1.54, 1.807) is 6.92 Å². The monoisotopic (exact) mass is 251 g/mol. The zero-order valence-electron chi connectivity index (χ0n) is 9.11. The number of aliphatic hydroxyl groups is 1. The highest BCUT2D eigenvalue weighted by atomic mass is 19.4. The summed E-state index contributed by atoms with van der Waals surface area (Å²) in [6.45, 7) is 0.467. The molecule has 0 aliphatic carbocycles. The topological polar surface area (TPSA) is 62.4 Å². The Labute approximate surface area is 95.2 Å². The molecular formula is C9H12F3N3O2. The Hall–Kier alpha value is -1.15. The minimum atomic E-state index is -4.31. The maximum Gasteiger partial charge on any atom is 0.401 e. The van der Waals surface area contributed by atoms with Gasteiger partial charge in [0, 0.05) is 6.54 Å². The van der Waals surface area contributed by atoms with Crippen molar-refractivity contribution < 1.29 is 22.8 Å². The highest BCUT2D eigenvalue weighted by Crippen LogP contribution is 2.33. The summed E-state index contributed by atoms with van der Waals surface area (Å²) in [5.41, 5.74) is 0. The fraction of sp³-hybridized carbons (Fsp3) is 0.778. The Bertz CT molecular complexity index is 393. The predicted molar refractivity (Wildman–Crippen MR) is 50.0 cm³/mol. The predicted octanol–water partition coefficient (Wildman–Crippen LogP) is 1.05. The third-order valence-corrected chi connectivity index (χ3v) is 2.59. The molecule has 2 heterocycles. The average molecular weight is 251 g/mol. The van der Waals surface area contributed by atoms with Crippen molar-refractivity contribution >= 4 is 0 Å². The van der Waals surface area contributed by atoms with Gasteiger partial charge in [0.1, 0.15) is 0 Å². The van der Waals surface area contributed by atoms with Crippen LogP contribution in [-0.2, 0) is 0 Å². The molecule has 0 amide bonds. The van der Waals surface area contributed by atoms with E-state index in [1.165, 1.54) is 0 Å². The van der Waals surface area contributed by atoms with Crippen molar-refractivity contribution in [2.75, 3.05) is 13.1 Å². The van der Waals surface area contributed by atoms with Crippen LogP contribution in [0.15, 0.2) is 4.52 Å². The van der Waals surface area contributed by atoms with Crippen molar-refractivity contribution in [3.05, 3.63) is 11.7 Å². The number of aromatic nitrogens is 2. The number of alkyl halides is 3. The molecular weight excluding hydrogens is 239 g/mol. The average Bonchev–Trinajstić information content (AvgIpc) is 2.70. The molecule has 1 aliphatic rings. The zero-order valence-corrected chi connectivity index (χ0v) is 9.11. The molecule has 0 spiro atoms. The van der Waals surface area contributed by atoms with Crippen LogP contribution in [0.4, 0.5) is 13.2 Å². The Balaban J connectivity index is 2.14. The van der Waals surface area contributed by atoms with Crippen molar-refractivity contribution in [1.82, 2.24) is 15.0 Å². The number of rotatable bonds is 2. The fourth-order valence-corrected chi connectivity index (χ4v) is 1.99. The first-order valence-corrected chi connectivity index (χ1v) is 5.14. The van der Waals surface area contributed by atoms with Gasteiger partial charge in [-0.2, -0.15) is 18.2 Å². The summed E-state index contributed by atoms with van der Waals surface area (Å²) in [6.07, 6.45) is -4.93. The summed E-state index contributed by atoms with van der Waals surface area (Å²) < 4.78 is 41.9. The SMILES string of the molecule is Cc1noc([C@H]2C[C@@H](O)CN2CC(F)(F)F)n1. The lowest BCUT2D eigenvalue weighted by Gasteiger charge is -2.22. The minimum absolute atomic E-state index is 0.0361. The van der Waals surface area contributed by atoms with Gasteiger partial charge in [-0.05, 0) is 13.3 Å². The highest BCUT2D eigenvalue weighted by Gasteiger charge is 2.41. The molecule has 0 saturated carbocycles. The smallest absolute Gasteiger partial charge is 0.392 e. The summed E-state index contributed by atoms with van der Waals surface area (Å²) in [5.74, 6) is 0.497. The second-order valence-electron chi connectivity index (χ2n) is 4.13. The van der Waals surface area contributed by atoms with Crippen LogP contribution in [0.25, 0.3) is 0 Å². The lowest BCUT2D eigenvalue weighted by atomic mass is 10.2. The lowest BCUT2D eigenvalue weighted by Crippen LogP contribution is -2.34. The highest BCUT2D eigenvalue weighted by molar-refractivity contribution is 4.98. The molecule has 2 rings (SSSR count). The second kappa shape index (κ2) is 4.26. The number of hydrogen-bond donors (Lipinski definition) is 1. The van der Waals surface area contributed by atoms with Crippen molar-refractivity contribution in [2.24, 2.45) is 0 Å². The van der Waals surface area contributed by atoms with Crippen LogP contribution in [0.5, 0.6) is 0 Å². The van der Waals surface area contributed by atoms with Gasteiger partial charge in [-0.15, -0.1) is 0 Å². The molecule has 1 fully saturated rings. The molecule has 0 aromatic carbocycles. The minimum Gasteiger partial charge on any atom is -0.392 e.